The van der Waals surface area contributed by atoms with Gasteiger partial charge in [-0.3, -0.25) is 4.79 Å². The van der Waals surface area contributed by atoms with Gasteiger partial charge >= 0.3 is 0 Å². The molecule has 1 nitrogen and oxygen atoms in total. The monoisotopic (exact) mass is 152 g/mol. The minimum Gasteiger partial charge on any atom is -0.298 e. The van der Waals surface area contributed by atoms with Crippen molar-refractivity contribution in [2.24, 2.45) is 5.92 Å². The molecule has 1 heteroatoms. The van der Waals surface area contributed by atoms with Crippen LogP contribution in [-0.2, 0) is 4.79 Å². The van der Waals surface area contributed by atoms with Gasteiger partial charge in [0.1, 0.15) is 6.29 Å². The van der Waals surface area contributed by atoms with Crippen LogP contribution in [0, 0.1) is 5.92 Å². The van der Waals surface area contributed by atoms with Crippen LogP contribution in [0.25, 0.3) is 0 Å². The SMILES string of the molecule is CC(C=O)=C1CCCCC1C. The molecule has 0 amide bonds. The van der Waals surface area contributed by atoms with Crippen LogP contribution in [-0.4, -0.2) is 6.29 Å². The number of hydrogen-bond donors (Lipinski definition) is 0. The fourth-order valence-electron chi connectivity index (χ4n) is 1.85. The molecule has 1 unspecified atom stereocenters. The van der Waals surface area contributed by atoms with Crippen LogP contribution in [0.4, 0.5) is 0 Å². The Bertz CT molecular complexity index is 179. The second-order valence-electron chi connectivity index (χ2n) is 3.47. The van der Waals surface area contributed by atoms with E-state index < -0.39 is 0 Å². The zero-order valence-electron chi connectivity index (χ0n) is 7.39. The van der Waals surface area contributed by atoms with E-state index in [9.17, 15) is 4.79 Å². The van der Waals surface area contributed by atoms with Crippen molar-refractivity contribution in [2.45, 2.75) is 39.5 Å². The van der Waals surface area contributed by atoms with Gasteiger partial charge in [0, 0.05) is 0 Å². The third-order valence-corrected chi connectivity index (χ3v) is 2.61. The Morgan fingerprint density at radius 3 is 2.82 bits per heavy atom. The van der Waals surface area contributed by atoms with Crippen molar-refractivity contribution >= 4 is 6.29 Å². The highest BCUT2D eigenvalue weighted by molar-refractivity contribution is 5.73. The number of carbonyl (C=O) groups is 1. The fourth-order valence-corrected chi connectivity index (χ4v) is 1.85. The van der Waals surface area contributed by atoms with Crippen molar-refractivity contribution in [2.75, 3.05) is 0 Å². The van der Waals surface area contributed by atoms with Gasteiger partial charge in [0.2, 0.25) is 0 Å². The lowest BCUT2D eigenvalue weighted by molar-refractivity contribution is -0.105. The molecule has 1 saturated carbocycles. The second kappa shape index (κ2) is 3.70. The van der Waals surface area contributed by atoms with Gasteiger partial charge in [-0.2, -0.15) is 0 Å². The van der Waals surface area contributed by atoms with Crippen LogP contribution in [0.1, 0.15) is 39.5 Å². The van der Waals surface area contributed by atoms with Gasteiger partial charge in [-0.15, -0.1) is 0 Å². The molecule has 1 rings (SSSR count). The second-order valence-corrected chi connectivity index (χ2v) is 3.47. The number of carbonyl (C=O) groups excluding carboxylic acids is 1. The van der Waals surface area contributed by atoms with Crippen molar-refractivity contribution in [1.82, 2.24) is 0 Å². The molecule has 0 spiro atoms. The van der Waals surface area contributed by atoms with Crippen LogP contribution in [0.2, 0.25) is 0 Å². The summed E-state index contributed by atoms with van der Waals surface area (Å²) in [6.45, 7) is 4.16. The maximum atomic E-state index is 10.5. The predicted molar refractivity (Wildman–Crippen MR) is 46.4 cm³/mol. The molecule has 1 aliphatic carbocycles. The number of allylic oxidation sites excluding steroid dienone is 2. The summed E-state index contributed by atoms with van der Waals surface area (Å²) in [4.78, 5) is 10.5. The van der Waals surface area contributed by atoms with E-state index in [2.05, 4.69) is 6.92 Å². The van der Waals surface area contributed by atoms with Gasteiger partial charge < -0.3 is 0 Å². The van der Waals surface area contributed by atoms with E-state index >= 15 is 0 Å². The Labute approximate surface area is 68.5 Å². The zero-order valence-corrected chi connectivity index (χ0v) is 7.39. The molecule has 1 atom stereocenters. The molecule has 0 heterocycles. The summed E-state index contributed by atoms with van der Waals surface area (Å²) in [6.07, 6.45) is 6.01. The summed E-state index contributed by atoms with van der Waals surface area (Å²) in [7, 11) is 0. The first-order chi connectivity index (χ1) is 5.25. The van der Waals surface area contributed by atoms with E-state index in [1.165, 1.54) is 24.8 Å². The third-order valence-electron chi connectivity index (χ3n) is 2.61. The summed E-state index contributed by atoms with van der Waals surface area (Å²) in [5, 5.41) is 0. The van der Waals surface area contributed by atoms with Crippen molar-refractivity contribution in [1.29, 1.82) is 0 Å². The van der Waals surface area contributed by atoms with E-state index in [0.29, 0.717) is 5.92 Å². The summed E-state index contributed by atoms with van der Waals surface area (Å²) in [6, 6.07) is 0. The summed E-state index contributed by atoms with van der Waals surface area (Å²) in [5.41, 5.74) is 2.36. The van der Waals surface area contributed by atoms with Gasteiger partial charge in [0.25, 0.3) is 0 Å². The maximum Gasteiger partial charge on any atom is 0.145 e. The van der Waals surface area contributed by atoms with E-state index in [1.807, 2.05) is 6.92 Å². The predicted octanol–water partition coefficient (Wildman–Crippen LogP) is 2.71. The molecule has 0 aromatic carbocycles. The maximum absolute atomic E-state index is 10.5. The van der Waals surface area contributed by atoms with E-state index in [4.69, 9.17) is 0 Å². The van der Waals surface area contributed by atoms with E-state index in [1.54, 1.807) is 0 Å². The lowest BCUT2D eigenvalue weighted by Crippen LogP contribution is -2.08. The molecular formula is C10H16O. The summed E-state index contributed by atoms with van der Waals surface area (Å²) in [5.74, 6) is 0.647. The minimum atomic E-state index is 0.647. The topological polar surface area (TPSA) is 17.1 Å². The van der Waals surface area contributed by atoms with E-state index in [0.717, 1.165) is 18.3 Å². The van der Waals surface area contributed by atoms with Gasteiger partial charge in [0.05, 0.1) is 0 Å². The first-order valence-corrected chi connectivity index (χ1v) is 4.40. The number of aldehydes is 1. The van der Waals surface area contributed by atoms with Crippen LogP contribution >= 0.6 is 0 Å². The third kappa shape index (κ3) is 1.92. The minimum absolute atomic E-state index is 0.647. The van der Waals surface area contributed by atoms with Crippen molar-refractivity contribution in [3.8, 4) is 0 Å². The van der Waals surface area contributed by atoms with Crippen LogP contribution in [0.15, 0.2) is 11.1 Å². The van der Waals surface area contributed by atoms with Crippen LogP contribution in [0.5, 0.6) is 0 Å². The number of hydrogen-bond acceptors (Lipinski definition) is 1. The zero-order chi connectivity index (χ0) is 8.27. The Morgan fingerprint density at radius 2 is 2.27 bits per heavy atom. The van der Waals surface area contributed by atoms with Gasteiger partial charge in [0.15, 0.2) is 0 Å². The molecule has 0 N–H and O–H groups in total. The summed E-state index contributed by atoms with van der Waals surface area (Å²) < 4.78 is 0. The molecule has 62 valence electrons. The lowest BCUT2D eigenvalue weighted by Gasteiger charge is -2.22. The molecule has 0 saturated heterocycles. The molecular weight excluding hydrogens is 136 g/mol. The quantitative estimate of drug-likeness (QED) is 0.417. The van der Waals surface area contributed by atoms with Crippen molar-refractivity contribution in [3.63, 3.8) is 0 Å². The highest BCUT2D eigenvalue weighted by Crippen LogP contribution is 2.30. The molecule has 0 radical (unpaired) electrons. The Morgan fingerprint density at radius 1 is 1.55 bits per heavy atom. The van der Waals surface area contributed by atoms with Crippen LogP contribution in [0.3, 0.4) is 0 Å². The van der Waals surface area contributed by atoms with Crippen molar-refractivity contribution in [3.05, 3.63) is 11.1 Å². The Kier molecular flexibility index (Phi) is 2.86. The molecule has 0 aliphatic heterocycles. The highest BCUT2D eigenvalue weighted by atomic mass is 16.1. The average Bonchev–Trinajstić information content (AvgIpc) is 2.04. The lowest BCUT2D eigenvalue weighted by atomic mass is 9.83. The smallest absolute Gasteiger partial charge is 0.145 e. The molecule has 1 aliphatic rings. The number of rotatable bonds is 1. The van der Waals surface area contributed by atoms with E-state index in [-0.39, 0.29) is 0 Å². The molecule has 0 aromatic heterocycles. The highest BCUT2D eigenvalue weighted by Gasteiger charge is 2.15. The van der Waals surface area contributed by atoms with Gasteiger partial charge in [-0.05, 0) is 37.7 Å². The molecule has 1 fully saturated rings. The molecule has 0 bridgehead atoms. The average molecular weight is 152 g/mol. The normalized spacial score (nSPS) is 29.8. The Balaban J connectivity index is 2.75. The first-order valence-electron chi connectivity index (χ1n) is 4.40. The Hall–Kier alpha value is -0.590. The molecule has 0 aromatic rings. The van der Waals surface area contributed by atoms with Gasteiger partial charge in [-0.1, -0.05) is 18.9 Å². The largest absolute Gasteiger partial charge is 0.298 e. The molecule has 11 heavy (non-hydrogen) atoms. The fraction of sp³-hybridized carbons (Fsp3) is 0.700. The standard InChI is InChI=1S/C10H16O/c1-8-5-3-4-6-10(8)9(2)7-11/h7-8H,3-6H2,1-2H3. The van der Waals surface area contributed by atoms with Crippen LogP contribution < -0.4 is 0 Å². The summed E-state index contributed by atoms with van der Waals surface area (Å²) >= 11 is 0. The first kappa shape index (κ1) is 8.51. The van der Waals surface area contributed by atoms with Crippen molar-refractivity contribution < 1.29 is 4.79 Å². The van der Waals surface area contributed by atoms with Gasteiger partial charge in [-0.25, -0.2) is 0 Å².